The number of ether oxygens (including phenoxy) is 2. The third-order valence-electron chi connectivity index (χ3n) is 3.94. The number of benzene rings is 1. The number of carbonyl (C=O) groups is 1. The maximum absolute atomic E-state index is 12.1. The zero-order chi connectivity index (χ0) is 17.8. The van der Waals surface area contributed by atoms with Crippen LogP contribution in [0.3, 0.4) is 0 Å². The minimum Gasteiger partial charge on any atom is -0.454 e. The third kappa shape index (κ3) is 3.75. The highest BCUT2D eigenvalue weighted by Crippen LogP contribution is 2.32. The highest BCUT2D eigenvalue weighted by atomic mass is 32.1. The van der Waals surface area contributed by atoms with Crippen LogP contribution in [0.4, 0.5) is 0 Å². The predicted molar refractivity (Wildman–Crippen MR) is 101 cm³/mol. The second kappa shape index (κ2) is 7.41. The minimum atomic E-state index is -0.163. The molecule has 2 aromatic heterocycles. The van der Waals surface area contributed by atoms with Gasteiger partial charge in [0.15, 0.2) is 11.5 Å². The summed E-state index contributed by atoms with van der Waals surface area (Å²) in [5.74, 6) is 1.26. The molecule has 0 spiro atoms. The first kappa shape index (κ1) is 16.4. The van der Waals surface area contributed by atoms with Gasteiger partial charge in [-0.1, -0.05) is 6.07 Å². The highest BCUT2D eigenvalue weighted by Gasteiger charge is 2.12. The molecule has 4 rings (SSSR count). The molecule has 0 aliphatic carbocycles. The average molecular weight is 364 g/mol. The molecule has 0 unspecified atom stereocenters. The predicted octanol–water partition coefficient (Wildman–Crippen LogP) is 3.87. The average Bonchev–Trinajstić information content (AvgIpc) is 3.36. The summed E-state index contributed by atoms with van der Waals surface area (Å²) in [4.78, 5) is 16.3. The van der Waals surface area contributed by atoms with Crippen molar-refractivity contribution < 1.29 is 14.3 Å². The molecule has 0 fully saturated rings. The Morgan fingerprint density at radius 2 is 2.08 bits per heavy atom. The summed E-state index contributed by atoms with van der Waals surface area (Å²) < 4.78 is 10.6. The van der Waals surface area contributed by atoms with Gasteiger partial charge in [-0.3, -0.25) is 9.78 Å². The number of amides is 1. The lowest BCUT2D eigenvalue weighted by Crippen LogP contribution is -2.20. The van der Waals surface area contributed by atoms with E-state index in [1.54, 1.807) is 23.6 Å². The quantitative estimate of drug-likeness (QED) is 0.698. The lowest BCUT2D eigenvalue weighted by Gasteiger charge is -2.04. The van der Waals surface area contributed by atoms with Crippen molar-refractivity contribution in [3.05, 3.63) is 70.7 Å². The summed E-state index contributed by atoms with van der Waals surface area (Å²) in [6.45, 7) is 0.663. The zero-order valence-electron chi connectivity index (χ0n) is 13.8. The van der Waals surface area contributed by atoms with E-state index >= 15 is 0 Å². The maximum atomic E-state index is 12.1. The molecule has 130 valence electrons. The lowest BCUT2D eigenvalue weighted by atomic mass is 10.1. The Hall–Kier alpha value is -3.12. The van der Waals surface area contributed by atoms with Gasteiger partial charge in [-0.15, -0.1) is 0 Å². The number of fused-ring (bicyclic) bond motifs is 1. The highest BCUT2D eigenvalue weighted by molar-refractivity contribution is 7.08. The van der Waals surface area contributed by atoms with Crippen LogP contribution < -0.4 is 14.8 Å². The summed E-state index contributed by atoms with van der Waals surface area (Å²) in [6.07, 6.45) is 6.84. The van der Waals surface area contributed by atoms with Gasteiger partial charge in [0.05, 0.1) is 0 Å². The number of nitrogens with one attached hydrogen (secondary N) is 1. The molecular weight excluding hydrogens is 348 g/mol. The van der Waals surface area contributed by atoms with Crippen molar-refractivity contribution in [2.75, 3.05) is 6.79 Å². The molecule has 1 N–H and O–H groups in total. The summed E-state index contributed by atoms with van der Waals surface area (Å²) in [6, 6.07) is 9.66. The molecule has 3 heterocycles. The van der Waals surface area contributed by atoms with E-state index in [9.17, 15) is 4.79 Å². The molecule has 3 aromatic rings. The van der Waals surface area contributed by atoms with Crippen molar-refractivity contribution in [1.82, 2.24) is 10.3 Å². The lowest BCUT2D eigenvalue weighted by molar-refractivity contribution is -0.116. The normalized spacial score (nSPS) is 12.5. The minimum absolute atomic E-state index is 0.163. The van der Waals surface area contributed by atoms with Crippen molar-refractivity contribution in [2.45, 2.75) is 6.54 Å². The van der Waals surface area contributed by atoms with Crippen molar-refractivity contribution in [3.63, 3.8) is 0 Å². The molecule has 0 radical (unpaired) electrons. The van der Waals surface area contributed by atoms with E-state index in [4.69, 9.17) is 9.47 Å². The molecule has 1 aliphatic heterocycles. The maximum Gasteiger partial charge on any atom is 0.244 e. The fraction of sp³-hybridized carbons (Fsp3) is 0.100. The standard InChI is InChI=1S/C20H16N2O3S/c23-20(4-2-14-1-3-18-19(8-14)25-13-24-18)22-10-15-7-17(11-21-9-15)16-5-6-26-12-16/h1-9,11-12H,10,13H2,(H,22,23)/b4-2+. The van der Waals surface area contributed by atoms with E-state index in [1.807, 2.05) is 35.8 Å². The van der Waals surface area contributed by atoms with Gasteiger partial charge < -0.3 is 14.8 Å². The first-order valence-electron chi connectivity index (χ1n) is 8.10. The molecule has 0 bridgehead atoms. The van der Waals surface area contributed by atoms with Gasteiger partial charge in [-0.05, 0) is 57.8 Å². The Morgan fingerprint density at radius 3 is 2.96 bits per heavy atom. The Morgan fingerprint density at radius 1 is 1.15 bits per heavy atom. The molecule has 0 saturated heterocycles. The molecule has 26 heavy (non-hydrogen) atoms. The number of pyridine rings is 1. The van der Waals surface area contributed by atoms with Crippen molar-refractivity contribution in [1.29, 1.82) is 0 Å². The second-order valence-corrected chi connectivity index (χ2v) is 6.54. The van der Waals surface area contributed by atoms with Crippen LogP contribution in [0.15, 0.2) is 59.6 Å². The fourth-order valence-electron chi connectivity index (χ4n) is 2.61. The van der Waals surface area contributed by atoms with Gasteiger partial charge in [-0.2, -0.15) is 11.3 Å². The van der Waals surface area contributed by atoms with Crippen LogP contribution in [0.1, 0.15) is 11.1 Å². The van der Waals surface area contributed by atoms with Gasteiger partial charge in [0, 0.05) is 30.6 Å². The van der Waals surface area contributed by atoms with Crippen molar-refractivity contribution in [2.24, 2.45) is 0 Å². The van der Waals surface area contributed by atoms with Gasteiger partial charge in [0.1, 0.15) is 0 Å². The van der Waals surface area contributed by atoms with Crippen molar-refractivity contribution >= 4 is 23.3 Å². The Balaban J connectivity index is 1.36. The Labute approximate surface area is 154 Å². The van der Waals surface area contributed by atoms with Gasteiger partial charge >= 0.3 is 0 Å². The zero-order valence-corrected chi connectivity index (χ0v) is 14.7. The summed E-state index contributed by atoms with van der Waals surface area (Å²) in [7, 11) is 0. The molecule has 1 amide bonds. The molecule has 6 heteroatoms. The smallest absolute Gasteiger partial charge is 0.244 e. The molecule has 1 aromatic carbocycles. The van der Waals surface area contributed by atoms with Crippen molar-refractivity contribution in [3.8, 4) is 22.6 Å². The molecule has 0 atom stereocenters. The van der Waals surface area contributed by atoms with Crippen LogP contribution in [0.2, 0.25) is 0 Å². The Bertz CT molecular complexity index is 951. The van der Waals surface area contributed by atoms with E-state index in [1.165, 1.54) is 6.08 Å². The largest absolute Gasteiger partial charge is 0.454 e. The van der Waals surface area contributed by atoms with Gasteiger partial charge in [-0.25, -0.2) is 0 Å². The number of nitrogens with zero attached hydrogens (tertiary/aromatic N) is 1. The fourth-order valence-corrected chi connectivity index (χ4v) is 3.27. The van der Waals surface area contributed by atoms with E-state index in [2.05, 4.69) is 21.7 Å². The van der Waals surface area contributed by atoms with Gasteiger partial charge in [0.25, 0.3) is 0 Å². The number of thiophene rings is 1. The van der Waals surface area contributed by atoms with Crippen LogP contribution in [-0.2, 0) is 11.3 Å². The monoisotopic (exact) mass is 364 g/mol. The SMILES string of the molecule is O=C(/C=C/c1ccc2c(c1)OCO2)NCc1cncc(-c2ccsc2)c1. The molecule has 1 aliphatic rings. The summed E-state index contributed by atoms with van der Waals surface area (Å²) >= 11 is 1.65. The molecule has 5 nitrogen and oxygen atoms in total. The van der Waals surface area contributed by atoms with E-state index < -0.39 is 0 Å². The van der Waals surface area contributed by atoms with Crippen LogP contribution in [0, 0.1) is 0 Å². The molecule has 0 saturated carbocycles. The van der Waals surface area contributed by atoms with Crippen LogP contribution in [0.25, 0.3) is 17.2 Å². The van der Waals surface area contributed by atoms with Crippen LogP contribution in [0.5, 0.6) is 11.5 Å². The first-order valence-corrected chi connectivity index (χ1v) is 9.04. The second-order valence-electron chi connectivity index (χ2n) is 5.76. The number of rotatable bonds is 5. The summed E-state index contributed by atoms with van der Waals surface area (Å²) in [5, 5.41) is 6.98. The number of aromatic nitrogens is 1. The van der Waals surface area contributed by atoms with E-state index in [-0.39, 0.29) is 12.7 Å². The number of carbonyl (C=O) groups excluding carboxylic acids is 1. The Kier molecular flexibility index (Phi) is 4.66. The number of hydrogen-bond acceptors (Lipinski definition) is 5. The third-order valence-corrected chi connectivity index (χ3v) is 4.62. The summed E-state index contributed by atoms with van der Waals surface area (Å²) in [5.41, 5.74) is 4.02. The first-order chi connectivity index (χ1) is 12.8. The van der Waals surface area contributed by atoms with Crippen LogP contribution in [-0.4, -0.2) is 17.7 Å². The van der Waals surface area contributed by atoms with Gasteiger partial charge in [0.2, 0.25) is 12.7 Å². The van der Waals surface area contributed by atoms with E-state index in [0.29, 0.717) is 12.3 Å². The van der Waals surface area contributed by atoms with E-state index in [0.717, 1.165) is 28.0 Å². The number of hydrogen-bond donors (Lipinski definition) is 1. The van der Waals surface area contributed by atoms with Crippen LogP contribution >= 0.6 is 11.3 Å². The molecular formula is C20H16N2O3S. The topological polar surface area (TPSA) is 60.5 Å².